The minimum atomic E-state index is 0.473. The first-order valence-corrected chi connectivity index (χ1v) is 8.07. The van der Waals surface area contributed by atoms with Crippen molar-refractivity contribution in [3.05, 3.63) is 20.8 Å². The number of halogens is 1. The number of hydrogen-bond donors (Lipinski definition) is 1. The Labute approximate surface area is 108 Å². The van der Waals surface area contributed by atoms with Crippen molar-refractivity contribution in [2.45, 2.75) is 31.1 Å². The predicted octanol–water partition coefficient (Wildman–Crippen LogP) is 4.06. The molecule has 2 heterocycles. The van der Waals surface area contributed by atoms with Crippen LogP contribution in [0.1, 0.15) is 30.7 Å². The maximum absolute atomic E-state index is 3.63. The molecule has 1 fully saturated rings. The number of thiophene rings is 1. The molecule has 0 aliphatic carbocycles. The summed E-state index contributed by atoms with van der Waals surface area (Å²) in [6, 6.07) is 2.60. The van der Waals surface area contributed by atoms with Crippen molar-refractivity contribution in [1.29, 1.82) is 0 Å². The van der Waals surface area contributed by atoms with Crippen molar-refractivity contribution in [1.82, 2.24) is 5.32 Å². The monoisotopic (exact) mass is 305 g/mol. The Morgan fingerprint density at radius 2 is 2.53 bits per heavy atom. The lowest BCUT2D eigenvalue weighted by Crippen LogP contribution is -2.25. The molecule has 0 amide bonds. The first-order valence-electron chi connectivity index (χ1n) is 5.35. The van der Waals surface area contributed by atoms with Gasteiger partial charge in [-0.05, 0) is 52.9 Å². The summed E-state index contributed by atoms with van der Waals surface area (Å²) >= 11 is 7.52. The van der Waals surface area contributed by atoms with Gasteiger partial charge in [0.05, 0.1) is 0 Å². The minimum Gasteiger partial charge on any atom is -0.308 e. The Kier molecular flexibility index (Phi) is 4.55. The smallest absolute Gasteiger partial charge is 0.0397 e. The van der Waals surface area contributed by atoms with E-state index >= 15 is 0 Å². The van der Waals surface area contributed by atoms with Crippen LogP contribution < -0.4 is 5.32 Å². The van der Waals surface area contributed by atoms with Crippen molar-refractivity contribution in [2.75, 3.05) is 12.3 Å². The van der Waals surface area contributed by atoms with Crippen molar-refractivity contribution in [3.8, 4) is 0 Å². The molecule has 1 aromatic heterocycles. The normalized spacial score (nSPS) is 23.2. The fraction of sp³-hybridized carbons (Fsp3) is 0.636. The molecule has 1 aliphatic rings. The van der Waals surface area contributed by atoms with Crippen LogP contribution in [0.4, 0.5) is 0 Å². The summed E-state index contributed by atoms with van der Waals surface area (Å²) in [5, 5.41) is 6.61. The first-order chi connectivity index (χ1) is 7.27. The van der Waals surface area contributed by atoms with Crippen LogP contribution in [0.2, 0.25) is 0 Å². The van der Waals surface area contributed by atoms with Crippen LogP contribution in [0, 0.1) is 0 Å². The van der Waals surface area contributed by atoms with Gasteiger partial charge in [0.2, 0.25) is 0 Å². The molecule has 1 aliphatic heterocycles. The van der Waals surface area contributed by atoms with E-state index in [-0.39, 0.29) is 0 Å². The van der Waals surface area contributed by atoms with E-state index in [2.05, 4.69) is 51.4 Å². The highest BCUT2D eigenvalue weighted by Gasteiger charge is 2.17. The molecule has 2 rings (SSSR count). The third kappa shape index (κ3) is 3.22. The van der Waals surface area contributed by atoms with E-state index in [0.29, 0.717) is 6.04 Å². The van der Waals surface area contributed by atoms with Crippen LogP contribution >= 0.6 is 39.0 Å². The quantitative estimate of drug-likeness (QED) is 0.900. The summed E-state index contributed by atoms with van der Waals surface area (Å²) in [6.45, 7) is 3.40. The second kappa shape index (κ2) is 5.71. The van der Waals surface area contributed by atoms with E-state index in [4.69, 9.17) is 0 Å². The summed E-state index contributed by atoms with van der Waals surface area (Å²) in [4.78, 5) is 1.41. The molecular formula is C11H16BrNS2. The van der Waals surface area contributed by atoms with E-state index in [0.717, 1.165) is 11.8 Å². The Bertz CT molecular complexity index is 307. The van der Waals surface area contributed by atoms with Gasteiger partial charge in [0.1, 0.15) is 0 Å². The van der Waals surface area contributed by atoms with E-state index in [1.54, 1.807) is 0 Å². The first kappa shape index (κ1) is 12.0. The zero-order valence-electron chi connectivity index (χ0n) is 8.83. The van der Waals surface area contributed by atoms with E-state index in [1.165, 1.54) is 27.9 Å². The molecule has 15 heavy (non-hydrogen) atoms. The molecule has 0 saturated carbocycles. The van der Waals surface area contributed by atoms with Crippen molar-refractivity contribution < 1.29 is 0 Å². The largest absolute Gasteiger partial charge is 0.308 e. The Morgan fingerprint density at radius 3 is 3.13 bits per heavy atom. The molecule has 1 N–H and O–H groups in total. The Morgan fingerprint density at radius 1 is 1.67 bits per heavy atom. The van der Waals surface area contributed by atoms with Crippen molar-refractivity contribution >= 4 is 39.0 Å². The third-order valence-corrected chi connectivity index (χ3v) is 6.17. The molecule has 2 unspecified atom stereocenters. The highest BCUT2D eigenvalue weighted by molar-refractivity contribution is 9.10. The minimum absolute atomic E-state index is 0.473. The van der Waals surface area contributed by atoms with E-state index in [9.17, 15) is 0 Å². The van der Waals surface area contributed by atoms with Crippen LogP contribution in [0.5, 0.6) is 0 Å². The molecule has 4 heteroatoms. The molecule has 0 bridgehead atoms. The zero-order valence-corrected chi connectivity index (χ0v) is 12.1. The van der Waals surface area contributed by atoms with Crippen LogP contribution in [0.15, 0.2) is 15.9 Å². The van der Waals surface area contributed by atoms with Gasteiger partial charge in [0.25, 0.3) is 0 Å². The number of hydrogen-bond acceptors (Lipinski definition) is 3. The lowest BCUT2D eigenvalue weighted by Gasteiger charge is -2.16. The standard InChI is InChI=1S/C11H16BrNS2/c1-8(11-10(12)4-6-15-11)13-7-9-3-2-5-14-9/h4,6,8-9,13H,2-3,5,7H2,1H3. The zero-order chi connectivity index (χ0) is 10.7. The number of thioether (sulfide) groups is 1. The Hall–Kier alpha value is 0.490. The molecule has 1 saturated heterocycles. The average molecular weight is 306 g/mol. The highest BCUT2D eigenvalue weighted by atomic mass is 79.9. The lowest BCUT2D eigenvalue weighted by atomic mass is 10.2. The van der Waals surface area contributed by atoms with Crippen molar-refractivity contribution in [2.24, 2.45) is 0 Å². The molecular weight excluding hydrogens is 290 g/mol. The van der Waals surface area contributed by atoms with Gasteiger partial charge in [-0.15, -0.1) is 11.3 Å². The molecule has 0 radical (unpaired) electrons. The topological polar surface area (TPSA) is 12.0 Å². The van der Waals surface area contributed by atoms with Gasteiger partial charge >= 0.3 is 0 Å². The maximum Gasteiger partial charge on any atom is 0.0397 e. The summed E-state index contributed by atoms with van der Waals surface area (Å²) in [7, 11) is 0. The van der Waals surface area contributed by atoms with Gasteiger partial charge < -0.3 is 5.32 Å². The van der Waals surface area contributed by atoms with Gasteiger partial charge in [-0.25, -0.2) is 0 Å². The third-order valence-electron chi connectivity index (χ3n) is 2.71. The fourth-order valence-electron chi connectivity index (χ4n) is 1.82. The fourth-order valence-corrected chi connectivity index (χ4v) is 4.78. The summed E-state index contributed by atoms with van der Waals surface area (Å²) in [6.07, 6.45) is 2.78. The summed E-state index contributed by atoms with van der Waals surface area (Å²) in [5.41, 5.74) is 0. The van der Waals surface area contributed by atoms with Crippen LogP contribution in [0.25, 0.3) is 0 Å². The molecule has 1 nitrogen and oxygen atoms in total. The predicted molar refractivity (Wildman–Crippen MR) is 73.9 cm³/mol. The lowest BCUT2D eigenvalue weighted by molar-refractivity contribution is 0.565. The number of rotatable bonds is 4. The van der Waals surface area contributed by atoms with Crippen molar-refractivity contribution in [3.63, 3.8) is 0 Å². The SMILES string of the molecule is CC(NCC1CCCS1)c1sccc1Br. The van der Waals surface area contributed by atoms with Gasteiger partial charge in [0, 0.05) is 27.2 Å². The molecule has 0 spiro atoms. The molecule has 0 aromatic carbocycles. The summed E-state index contributed by atoms with van der Waals surface area (Å²) in [5.74, 6) is 1.35. The van der Waals surface area contributed by atoms with E-state index in [1.807, 2.05) is 11.3 Å². The Balaban J connectivity index is 1.81. The van der Waals surface area contributed by atoms with Crippen LogP contribution in [-0.4, -0.2) is 17.5 Å². The van der Waals surface area contributed by atoms with Gasteiger partial charge in [-0.3, -0.25) is 0 Å². The molecule has 1 aromatic rings. The van der Waals surface area contributed by atoms with Crippen LogP contribution in [-0.2, 0) is 0 Å². The molecule has 2 atom stereocenters. The van der Waals surface area contributed by atoms with Crippen LogP contribution in [0.3, 0.4) is 0 Å². The van der Waals surface area contributed by atoms with Gasteiger partial charge in [0.15, 0.2) is 0 Å². The second-order valence-corrected chi connectivity index (χ2v) is 7.11. The van der Waals surface area contributed by atoms with Gasteiger partial charge in [-0.1, -0.05) is 0 Å². The second-order valence-electron chi connectivity index (χ2n) is 3.90. The summed E-state index contributed by atoms with van der Waals surface area (Å²) < 4.78 is 1.24. The average Bonchev–Trinajstić information content (AvgIpc) is 2.84. The highest BCUT2D eigenvalue weighted by Crippen LogP contribution is 2.30. The van der Waals surface area contributed by atoms with E-state index < -0.39 is 0 Å². The van der Waals surface area contributed by atoms with Gasteiger partial charge in [-0.2, -0.15) is 11.8 Å². The maximum atomic E-state index is 3.63. The number of nitrogens with one attached hydrogen (secondary N) is 1. The molecule has 84 valence electrons.